The third-order valence-corrected chi connectivity index (χ3v) is 3.98. The van der Waals surface area contributed by atoms with E-state index in [1.165, 1.54) is 11.8 Å². The van der Waals surface area contributed by atoms with E-state index in [0.29, 0.717) is 15.8 Å². The van der Waals surface area contributed by atoms with Crippen molar-refractivity contribution in [3.05, 3.63) is 46.7 Å². The summed E-state index contributed by atoms with van der Waals surface area (Å²) in [5, 5.41) is 3.20. The molecule has 2 rings (SSSR count). The fourth-order valence-electron chi connectivity index (χ4n) is 2.17. The number of nitrogens with two attached hydrogens (primary N) is 1. The number of rotatable bonds is 5. The van der Waals surface area contributed by atoms with Gasteiger partial charge in [0.05, 0.1) is 15.8 Å². The van der Waals surface area contributed by atoms with Gasteiger partial charge in [-0.15, -0.1) is 0 Å². The molecule has 21 heavy (non-hydrogen) atoms. The van der Waals surface area contributed by atoms with Crippen molar-refractivity contribution in [3.8, 4) is 0 Å². The smallest absolute Gasteiger partial charge is 0.139 e. The molecule has 0 unspecified atom stereocenters. The first-order valence-electron chi connectivity index (χ1n) is 6.91. The lowest BCUT2D eigenvalue weighted by Gasteiger charge is -2.21. The second kappa shape index (κ2) is 6.80. The van der Waals surface area contributed by atoms with Gasteiger partial charge in [0.25, 0.3) is 0 Å². The predicted octanol–water partition coefficient (Wildman–Crippen LogP) is 4.76. The van der Waals surface area contributed by atoms with Crippen molar-refractivity contribution < 1.29 is 4.39 Å². The molecule has 0 saturated heterocycles. The number of benzene rings is 2. The summed E-state index contributed by atoms with van der Waals surface area (Å²) in [6.45, 7) is 6.21. The molecule has 0 aliphatic carbocycles. The van der Waals surface area contributed by atoms with Crippen LogP contribution in [0, 0.1) is 5.82 Å². The van der Waals surface area contributed by atoms with Crippen molar-refractivity contribution in [1.82, 2.24) is 0 Å². The Balaban J connectivity index is 2.19. The van der Waals surface area contributed by atoms with Crippen molar-refractivity contribution in [2.45, 2.75) is 13.8 Å². The van der Waals surface area contributed by atoms with Gasteiger partial charge in [0, 0.05) is 30.5 Å². The average molecular weight is 352 g/mol. The molecule has 5 heteroatoms. The summed E-state index contributed by atoms with van der Waals surface area (Å²) in [6.07, 6.45) is 0. The number of halogens is 2. The number of nitrogens with zero attached hydrogens (tertiary/aromatic N) is 1. The lowest BCUT2D eigenvalue weighted by Crippen LogP contribution is -2.21. The summed E-state index contributed by atoms with van der Waals surface area (Å²) < 4.78 is 13.7. The van der Waals surface area contributed by atoms with Crippen LogP contribution in [0.1, 0.15) is 13.8 Å². The Morgan fingerprint density at radius 3 is 2.33 bits per heavy atom. The van der Waals surface area contributed by atoms with Gasteiger partial charge in [-0.05, 0) is 60.1 Å². The normalized spacial score (nSPS) is 10.5. The fraction of sp³-hybridized carbons (Fsp3) is 0.250. The molecule has 0 saturated carbocycles. The van der Waals surface area contributed by atoms with Crippen LogP contribution in [0.3, 0.4) is 0 Å². The predicted molar refractivity (Wildman–Crippen MR) is 91.8 cm³/mol. The van der Waals surface area contributed by atoms with E-state index in [9.17, 15) is 4.39 Å². The van der Waals surface area contributed by atoms with Gasteiger partial charge in [-0.25, -0.2) is 4.39 Å². The van der Waals surface area contributed by atoms with E-state index >= 15 is 0 Å². The zero-order chi connectivity index (χ0) is 15.4. The lowest BCUT2D eigenvalue weighted by atomic mass is 10.2. The van der Waals surface area contributed by atoms with E-state index in [2.05, 4.69) is 52.1 Å². The van der Waals surface area contributed by atoms with Gasteiger partial charge in [0.1, 0.15) is 5.82 Å². The second-order valence-corrected chi connectivity index (χ2v) is 5.55. The highest BCUT2D eigenvalue weighted by molar-refractivity contribution is 9.10. The van der Waals surface area contributed by atoms with Gasteiger partial charge in [0.15, 0.2) is 0 Å². The van der Waals surface area contributed by atoms with Crippen LogP contribution in [0.5, 0.6) is 0 Å². The summed E-state index contributed by atoms with van der Waals surface area (Å²) in [4.78, 5) is 2.27. The lowest BCUT2D eigenvalue weighted by molar-refractivity contribution is 0.622. The standard InChI is InChI=1S/C16H19BrFN3/c1-3-21(4-2)12-7-5-11(6-8-12)20-16-9-13(17)14(18)10-15(16)19/h5-10,20H,3-4,19H2,1-2H3. The number of hydrogen-bond donors (Lipinski definition) is 2. The molecule has 3 N–H and O–H groups in total. The highest BCUT2D eigenvalue weighted by atomic mass is 79.9. The minimum absolute atomic E-state index is 0.366. The Kier molecular flexibility index (Phi) is 5.07. The number of nitrogens with one attached hydrogen (secondary N) is 1. The zero-order valence-electron chi connectivity index (χ0n) is 12.2. The van der Waals surface area contributed by atoms with Crippen molar-refractivity contribution in [3.63, 3.8) is 0 Å². The van der Waals surface area contributed by atoms with Crippen LogP contribution < -0.4 is 16.0 Å². The number of anilines is 4. The summed E-state index contributed by atoms with van der Waals surface area (Å²) in [7, 11) is 0. The van der Waals surface area contributed by atoms with E-state index in [0.717, 1.165) is 18.8 Å². The van der Waals surface area contributed by atoms with Gasteiger partial charge in [0.2, 0.25) is 0 Å². The SMILES string of the molecule is CCN(CC)c1ccc(Nc2cc(Br)c(F)cc2N)cc1. The fourth-order valence-corrected chi connectivity index (χ4v) is 2.51. The third kappa shape index (κ3) is 3.67. The molecule has 0 spiro atoms. The minimum Gasteiger partial charge on any atom is -0.397 e. The molecule has 0 radical (unpaired) electrons. The first kappa shape index (κ1) is 15.6. The number of hydrogen-bond acceptors (Lipinski definition) is 3. The highest BCUT2D eigenvalue weighted by Gasteiger charge is 2.07. The molecule has 2 aromatic carbocycles. The Labute approximate surface area is 133 Å². The Morgan fingerprint density at radius 2 is 1.76 bits per heavy atom. The van der Waals surface area contributed by atoms with Crippen LogP contribution >= 0.6 is 15.9 Å². The molecular formula is C16H19BrFN3. The Hall–Kier alpha value is -1.75. The molecule has 0 fully saturated rings. The van der Waals surface area contributed by atoms with Crippen molar-refractivity contribution in [1.29, 1.82) is 0 Å². The van der Waals surface area contributed by atoms with Gasteiger partial charge in [-0.1, -0.05) is 0 Å². The van der Waals surface area contributed by atoms with Crippen LogP contribution in [0.2, 0.25) is 0 Å². The molecule has 2 aromatic rings. The maximum Gasteiger partial charge on any atom is 0.139 e. The Morgan fingerprint density at radius 1 is 1.14 bits per heavy atom. The maximum absolute atomic E-state index is 13.4. The van der Waals surface area contributed by atoms with E-state index in [1.807, 2.05) is 12.1 Å². The molecule has 0 bridgehead atoms. The number of nitrogen functional groups attached to an aromatic ring is 1. The summed E-state index contributed by atoms with van der Waals surface area (Å²) >= 11 is 3.17. The van der Waals surface area contributed by atoms with Crippen molar-refractivity contribution >= 4 is 38.7 Å². The summed E-state index contributed by atoms with van der Waals surface area (Å²) in [6, 6.07) is 11.0. The quantitative estimate of drug-likeness (QED) is 0.763. The third-order valence-electron chi connectivity index (χ3n) is 3.37. The average Bonchev–Trinajstić information content (AvgIpc) is 2.48. The molecule has 0 aliphatic rings. The molecule has 3 nitrogen and oxygen atoms in total. The first-order chi connectivity index (χ1) is 10.0. The zero-order valence-corrected chi connectivity index (χ0v) is 13.7. The maximum atomic E-state index is 13.4. The molecule has 0 atom stereocenters. The molecule has 0 amide bonds. The van der Waals surface area contributed by atoms with Crippen LogP contribution in [0.15, 0.2) is 40.9 Å². The van der Waals surface area contributed by atoms with Gasteiger partial charge in [-0.2, -0.15) is 0 Å². The van der Waals surface area contributed by atoms with Crippen LogP contribution in [-0.2, 0) is 0 Å². The van der Waals surface area contributed by atoms with Crippen molar-refractivity contribution in [2.75, 3.05) is 29.0 Å². The van der Waals surface area contributed by atoms with E-state index in [4.69, 9.17) is 5.73 Å². The van der Waals surface area contributed by atoms with Gasteiger partial charge >= 0.3 is 0 Å². The van der Waals surface area contributed by atoms with Crippen molar-refractivity contribution in [2.24, 2.45) is 0 Å². The monoisotopic (exact) mass is 351 g/mol. The van der Waals surface area contributed by atoms with Crippen LogP contribution in [0.4, 0.5) is 27.1 Å². The van der Waals surface area contributed by atoms with Crippen LogP contribution in [-0.4, -0.2) is 13.1 Å². The van der Waals surface area contributed by atoms with E-state index < -0.39 is 0 Å². The molecule has 0 aliphatic heterocycles. The Bertz CT molecular complexity index is 610. The minimum atomic E-state index is -0.366. The summed E-state index contributed by atoms with van der Waals surface area (Å²) in [5.41, 5.74) is 8.98. The van der Waals surface area contributed by atoms with Gasteiger partial charge < -0.3 is 16.0 Å². The topological polar surface area (TPSA) is 41.3 Å². The van der Waals surface area contributed by atoms with E-state index in [1.54, 1.807) is 6.07 Å². The largest absolute Gasteiger partial charge is 0.397 e. The van der Waals surface area contributed by atoms with E-state index in [-0.39, 0.29) is 5.82 Å². The molecule has 0 aromatic heterocycles. The second-order valence-electron chi connectivity index (χ2n) is 4.70. The molecular weight excluding hydrogens is 333 g/mol. The van der Waals surface area contributed by atoms with Crippen LogP contribution in [0.25, 0.3) is 0 Å². The molecule has 112 valence electrons. The molecule has 0 heterocycles. The van der Waals surface area contributed by atoms with Gasteiger partial charge in [-0.3, -0.25) is 0 Å². The highest BCUT2D eigenvalue weighted by Crippen LogP contribution is 2.29. The summed E-state index contributed by atoms with van der Waals surface area (Å²) in [5.74, 6) is -0.366. The first-order valence-corrected chi connectivity index (χ1v) is 7.71.